The van der Waals surface area contributed by atoms with Gasteiger partial charge in [-0.2, -0.15) is 0 Å². The lowest BCUT2D eigenvalue weighted by molar-refractivity contribution is 0.737. The molecule has 1 N–H and O–H groups in total. The molecule has 0 unspecified atom stereocenters. The molecule has 0 radical (unpaired) electrons. The Hall–Kier alpha value is -0.530. The van der Waals surface area contributed by atoms with Gasteiger partial charge in [-0.1, -0.05) is 20.8 Å². The Kier molecular flexibility index (Phi) is 5.27. The van der Waals surface area contributed by atoms with Gasteiger partial charge in [0.25, 0.3) is 0 Å². The molecule has 0 saturated heterocycles. The van der Waals surface area contributed by atoms with Crippen LogP contribution in [-0.2, 0) is 0 Å². The number of hydrogen-bond acceptors (Lipinski definition) is 2. The summed E-state index contributed by atoms with van der Waals surface area (Å²) in [6.07, 6.45) is 1.74. The van der Waals surface area contributed by atoms with E-state index in [1.165, 1.54) is 0 Å². The van der Waals surface area contributed by atoms with Crippen molar-refractivity contribution in [3.05, 3.63) is 0 Å². The minimum absolute atomic E-state index is 0.833. The first-order valence-electron chi connectivity index (χ1n) is 3.45. The average Bonchev–Trinajstić information content (AvgIpc) is 2.11. The summed E-state index contributed by atoms with van der Waals surface area (Å²) in [7, 11) is 0. The van der Waals surface area contributed by atoms with Crippen molar-refractivity contribution in [3.8, 4) is 0 Å². The van der Waals surface area contributed by atoms with E-state index in [1.54, 1.807) is 6.34 Å². The zero-order valence-corrected chi connectivity index (χ0v) is 6.52. The smallest absolute Gasteiger partial charge is 0.0825 e. The largest absolute Gasteiger partial charge is 0.375 e. The van der Waals surface area contributed by atoms with Crippen molar-refractivity contribution in [1.82, 2.24) is 5.32 Å². The number of hydrogen-bond donors (Lipinski definition) is 1. The molecular weight excluding hydrogens is 112 g/mol. The minimum Gasteiger partial charge on any atom is -0.375 e. The number of nitrogens with zero attached hydrogens (tertiary/aromatic N) is 1. The Morgan fingerprint density at radius 2 is 2.00 bits per heavy atom. The van der Waals surface area contributed by atoms with Gasteiger partial charge in [0.05, 0.1) is 12.9 Å². The lowest BCUT2D eigenvalue weighted by Crippen LogP contribution is -2.04. The SMILES string of the molecule is C1=NCCN1.CC(C)C. The molecule has 2 nitrogen and oxygen atoms in total. The van der Waals surface area contributed by atoms with Crippen molar-refractivity contribution >= 4 is 6.34 Å². The molecule has 1 rings (SSSR count). The molecule has 54 valence electrons. The summed E-state index contributed by atoms with van der Waals surface area (Å²) in [4.78, 5) is 3.85. The molecule has 0 aromatic heterocycles. The van der Waals surface area contributed by atoms with Crippen molar-refractivity contribution < 1.29 is 0 Å². The minimum atomic E-state index is 0.833. The van der Waals surface area contributed by atoms with Crippen LogP contribution in [0.3, 0.4) is 0 Å². The zero-order chi connectivity index (χ0) is 7.11. The van der Waals surface area contributed by atoms with Gasteiger partial charge >= 0.3 is 0 Å². The van der Waals surface area contributed by atoms with Crippen molar-refractivity contribution in [2.45, 2.75) is 20.8 Å². The molecule has 0 bridgehead atoms. The maximum atomic E-state index is 3.85. The molecule has 0 spiro atoms. The quantitative estimate of drug-likeness (QED) is 0.522. The van der Waals surface area contributed by atoms with E-state index < -0.39 is 0 Å². The summed E-state index contributed by atoms with van der Waals surface area (Å²) in [5, 5.41) is 2.93. The van der Waals surface area contributed by atoms with E-state index in [0.717, 1.165) is 19.0 Å². The van der Waals surface area contributed by atoms with Crippen LogP contribution in [0.15, 0.2) is 4.99 Å². The molecule has 1 aliphatic heterocycles. The van der Waals surface area contributed by atoms with E-state index in [9.17, 15) is 0 Å². The van der Waals surface area contributed by atoms with Crippen LogP contribution in [0.5, 0.6) is 0 Å². The monoisotopic (exact) mass is 128 g/mol. The molecular formula is C7H16N2. The van der Waals surface area contributed by atoms with E-state index in [2.05, 4.69) is 31.1 Å². The van der Waals surface area contributed by atoms with Gasteiger partial charge in [0, 0.05) is 6.54 Å². The highest BCUT2D eigenvalue weighted by molar-refractivity contribution is 5.56. The van der Waals surface area contributed by atoms with E-state index in [0.29, 0.717) is 0 Å². The number of nitrogens with one attached hydrogen (secondary N) is 1. The van der Waals surface area contributed by atoms with Crippen molar-refractivity contribution in [3.63, 3.8) is 0 Å². The molecule has 1 aliphatic rings. The average molecular weight is 128 g/mol. The van der Waals surface area contributed by atoms with Gasteiger partial charge in [-0.05, 0) is 5.92 Å². The predicted octanol–water partition coefficient (Wildman–Crippen LogP) is 1.28. The second kappa shape index (κ2) is 5.60. The highest BCUT2D eigenvalue weighted by Crippen LogP contribution is 1.81. The lowest BCUT2D eigenvalue weighted by atomic mass is 10.3. The molecule has 0 aromatic rings. The molecule has 0 saturated carbocycles. The second-order valence-electron chi connectivity index (χ2n) is 2.72. The van der Waals surface area contributed by atoms with Crippen LogP contribution in [0.25, 0.3) is 0 Å². The molecule has 0 aromatic carbocycles. The number of aliphatic imine (C=N–C) groups is 1. The summed E-state index contributed by atoms with van der Waals surface area (Å²) in [6.45, 7) is 8.49. The first kappa shape index (κ1) is 8.47. The Morgan fingerprint density at radius 3 is 2.11 bits per heavy atom. The third-order valence-corrected chi connectivity index (χ3v) is 0.568. The summed E-state index contributed by atoms with van der Waals surface area (Å²) in [6, 6.07) is 0. The topological polar surface area (TPSA) is 24.4 Å². The van der Waals surface area contributed by atoms with Gasteiger partial charge in [-0.25, -0.2) is 0 Å². The maximum Gasteiger partial charge on any atom is 0.0825 e. The highest BCUT2D eigenvalue weighted by atomic mass is 15.0. The van der Waals surface area contributed by atoms with Crippen molar-refractivity contribution in [1.29, 1.82) is 0 Å². The lowest BCUT2D eigenvalue weighted by Gasteiger charge is -1.79. The molecule has 0 aliphatic carbocycles. The second-order valence-corrected chi connectivity index (χ2v) is 2.72. The third kappa shape index (κ3) is 11.2. The highest BCUT2D eigenvalue weighted by Gasteiger charge is 1.82. The fraction of sp³-hybridized carbons (Fsp3) is 0.857. The van der Waals surface area contributed by atoms with E-state index in [4.69, 9.17) is 0 Å². The van der Waals surface area contributed by atoms with Crippen molar-refractivity contribution in [2.75, 3.05) is 13.1 Å². The molecule has 0 amide bonds. The standard InChI is InChI=1S/C4H10.C3H6N2/c1-4(2)3;1-2-5-3-4-1/h4H,1-3H3;3H,1-2H2,(H,4,5). The van der Waals surface area contributed by atoms with Crippen LogP contribution < -0.4 is 5.32 Å². The van der Waals surface area contributed by atoms with Gasteiger partial charge in [-0.15, -0.1) is 0 Å². The van der Waals surface area contributed by atoms with Gasteiger partial charge in [0.2, 0.25) is 0 Å². The van der Waals surface area contributed by atoms with Gasteiger partial charge < -0.3 is 5.32 Å². The van der Waals surface area contributed by atoms with Crippen LogP contribution in [0, 0.1) is 5.92 Å². The summed E-state index contributed by atoms with van der Waals surface area (Å²) >= 11 is 0. The van der Waals surface area contributed by atoms with Gasteiger partial charge in [-0.3, -0.25) is 4.99 Å². The first-order valence-corrected chi connectivity index (χ1v) is 3.45. The third-order valence-electron chi connectivity index (χ3n) is 0.568. The maximum absolute atomic E-state index is 3.85. The summed E-state index contributed by atoms with van der Waals surface area (Å²) in [5.41, 5.74) is 0. The van der Waals surface area contributed by atoms with Gasteiger partial charge in [0.1, 0.15) is 0 Å². The fourth-order valence-corrected chi connectivity index (χ4v) is 0.323. The predicted molar refractivity (Wildman–Crippen MR) is 41.9 cm³/mol. The Morgan fingerprint density at radius 1 is 1.44 bits per heavy atom. The van der Waals surface area contributed by atoms with Gasteiger partial charge in [0.15, 0.2) is 0 Å². The van der Waals surface area contributed by atoms with E-state index in [1.807, 2.05) is 0 Å². The fourth-order valence-electron chi connectivity index (χ4n) is 0.323. The van der Waals surface area contributed by atoms with Crippen LogP contribution in [0.1, 0.15) is 20.8 Å². The Balaban J connectivity index is 0.000000148. The van der Waals surface area contributed by atoms with E-state index in [-0.39, 0.29) is 0 Å². The summed E-state index contributed by atoms with van der Waals surface area (Å²) < 4.78 is 0. The first-order chi connectivity index (χ1) is 4.23. The molecule has 0 fully saturated rings. The number of rotatable bonds is 0. The Labute approximate surface area is 57.4 Å². The molecule has 1 heterocycles. The van der Waals surface area contributed by atoms with Crippen molar-refractivity contribution in [2.24, 2.45) is 10.9 Å². The molecule has 9 heavy (non-hydrogen) atoms. The molecule has 2 heteroatoms. The van der Waals surface area contributed by atoms with E-state index >= 15 is 0 Å². The van der Waals surface area contributed by atoms with Crippen LogP contribution >= 0.6 is 0 Å². The van der Waals surface area contributed by atoms with Crippen LogP contribution in [0.4, 0.5) is 0 Å². The normalized spacial score (nSPS) is 14.7. The van der Waals surface area contributed by atoms with Crippen LogP contribution in [-0.4, -0.2) is 19.4 Å². The summed E-state index contributed by atoms with van der Waals surface area (Å²) in [5.74, 6) is 0.833. The molecule has 0 atom stereocenters. The van der Waals surface area contributed by atoms with Crippen LogP contribution in [0.2, 0.25) is 0 Å². The zero-order valence-electron chi connectivity index (χ0n) is 6.52. The Bertz CT molecular complexity index is 68.2.